The van der Waals surface area contributed by atoms with Crippen LogP contribution in [0.4, 0.5) is 0 Å². The molecule has 0 saturated carbocycles. The Morgan fingerprint density at radius 1 is 0.957 bits per heavy atom. The monoisotopic (exact) mass is 320 g/mol. The van der Waals surface area contributed by atoms with E-state index in [2.05, 4.69) is 6.92 Å². The number of rotatable bonds is 13. The topological polar surface area (TPSA) is 35.5 Å². The van der Waals surface area contributed by atoms with Gasteiger partial charge in [0.15, 0.2) is 5.78 Å². The van der Waals surface area contributed by atoms with Crippen molar-refractivity contribution in [2.75, 3.05) is 13.7 Å². The van der Waals surface area contributed by atoms with Gasteiger partial charge < -0.3 is 9.47 Å². The normalized spacial score (nSPS) is 10.6. The molecule has 0 spiro atoms. The van der Waals surface area contributed by atoms with E-state index < -0.39 is 0 Å². The van der Waals surface area contributed by atoms with Gasteiger partial charge in [0.25, 0.3) is 0 Å². The molecule has 1 aromatic rings. The van der Waals surface area contributed by atoms with Gasteiger partial charge in [-0.2, -0.15) is 0 Å². The third kappa shape index (κ3) is 7.54. The molecular weight excluding hydrogens is 288 g/mol. The zero-order chi connectivity index (χ0) is 16.9. The molecule has 0 aliphatic carbocycles. The molecule has 0 N–H and O–H groups in total. The highest BCUT2D eigenvalue weighted by atomic mass is 16.5. The highest BCUT2D eigenvalue weighted by Gasteiger charge is 2.11. The van der Waals surface area contributed by atoms with E-state index in [1.807, 2.05) is 19.1 Å². The van der Waals surface area contributed by atoms with Crippen molar-refractivity contribution in [3.63, 3.8) is 0 Å². The summed E-state index contributed by atoms with van der Waals surface area (Å²) in [5, 5.41) is 0. The summed E-state index contributed by atoms with van der Waals surface area (Å²) < 4.78 is 11.1. The summed E-state index contributed by atoms with van der Waals surface area (Å²) in [5.74, 6) is 1.47. The van der Waals surface area contributed by atoms with Gasteiger partial charge in [0.05, 0.1) is 19.3 Å². The summed E-state index contributed by atoms with van der Waals surface area (Å²) in [6.07, 6.45) is 10.8. The van der Waals surface area contributed by atoms with Crippen LogP contribution in [0.25, 0.3) is 0 Å². The van der Waals surface area contributed by atoms with Crippen LogP contribution in [-0.2, 0) is 0 Å². The SMILES string of the molecule is CCCCCCCCCCOc1ccc(C(=O)CC)c(OC)c1. The molecule has 0 bridgehead atoms. The van der Waals surface area contributed by atoms with E-state index in [9.17, 15) is 4.79 Å². The minimum absolute atomic E-state index is 0.0940. The minimum atomic E-state index is 0.0940. The van der Waals surface area contributed by atoms with E-state index in [0.29, 0.717) is 17.7 Å². The first-order chi connectivity index (χ1) is 11.2. The highest BCUT2D eigenvalue weighted by Crippen LogP contribution is 2.26. The fourth-order valence-electron chi connectivity index (χ4n) is 2.61. The van der Waals surface area contributed by atoms with Gasteiger partial charge in [0, 0.05) is 12.5 Å². The van der Waals surface area contributed by atoms with Gasteiger partial charge in [-0.05, 0) is 18.6 Å². The number of benzene rings is 1. The average molecular weight is 320 g/mol. The minimum Gasteiger partial charge on any atom is -0.496 e. The maximum Gasteiger partial charge on any atom is 0.166 e. The first-order valence-electron chi connectivity index (χ1n) is 9.07. The molecule has 130 valence electrons. The van der Waals surface area contributed by atoms with Gasteiger partial charge in [-0.25, -0.2) is 0 Å². The lowest BCUT2D eigenvalue weighted by Crippen LogP contribution is -2.02. The van der Waals surface area contributed by atoms with Crippen molar-refractivity contribution < 1.29 is 14.3 Å². The zero-order valence-electron chi connectivity index (χ0n) is 15.0. The zero-order valence-corrected chi connectivity index (χ0v) is 15.0. The van der Waals surface area contributed by atoms with Gasteiger partial charge in [-0.1, -0.05) is 58.8 Å². The molecule has 23 heavy (non-hydrogen) atoms. The van der Waals surface area contributed by atoms with Crippen molar-refractivity contribution in [1.29, 1.82) is 0 Å². The number of Topliss-reactive ketones (excluding diaryl/α,β-unsaturated/α-hetero) is 1. The molecule has 0 aliphatic rings. The van der Waals surface area contributed by atoms with Crippen LogP contribution in [0.2, 0.25) is 0 Å². The number of unbranched alkanes of at least 4 members (excludes halogenated alkanes) is 7. The van der Waals surface area contributed by atoms with Crippen LogP contribution in [0.5, 0.6) is 11.5 Å². The van der Waals surface area contributed by atoms with Crippen LogP contribution in [0.1, 0.15) is 82.0 Å². The van der Waals surface area contributed by atoms with Crippen LogP contribution in [0, 0.1) is 0 Å². The van der Waals surface area contributed by atoms with Crippen molar-refractivity contribution in [2.24, 2.45) is 0 Å². The van der Waals surface area contributed by atoms with Crippen molar-refractivity contribution in [2.45, 2.75) is 71.6 Å². The number of hydrogen-bond donors (Lipinski definition) is 0. The van der Waals surface area contributed by atoms with E-state index in [-0.39, 0.29) is 5.78 Å². The summed E-state index contributed by atoms with van der Waals surface area (Å²) in [7, 11) is 1.59. The Balaban J connectivity index is 2.26. The number of ketones is 1. The maximum absolute atomic E-state index is 11.8. The summed E-state index contributed by atoms with van der Waals surface area (Å²) in [6, 6.07) is 5.47. The molecule has 0 saturated heterocycles. The predicted molar refractivity (Wildman–Crippen MR) is 95.7 cm³/mol. The van der Waals surface area contributed by atoms with E-state index in [4.69, 9.17) is 9.47 Å². The Bertz CT molecular complexity index is 454. The number of carbonyl (C=O) groups excluding carboxylic acids is 1. The predicted octanol–water partition coefficient (Wildman–Crippen LogP) is 5.81. The van der Waals surface area contributed by atoms with E-state index >= 15 is 0 Å². The van der Waals surface area contributed by atoms with Crippen LogP contribution < -0.4 is 9.47 Å². The van der Waals surface area contributed by atoms with Crippen molar-refractivity contribution in [3.8, 4) is 11.5 Å². The molecule has 0 aromatic heterocycles. The Hall–Kier alpha value is -1.51. The van der Waals surface area contributed by atoms with E-state index in [1.54, 1.807) is 13.2 Å². The molecule has 0 unspecified atom stereocenters. The molecule has 0 fully saturated rings. The van der Waals surface area contributed by atoms with E-state index in [1.165, 1.54) is 44.9 Å². The van der Waals surface area contributed by atoms with Crippen molar-refractivity contribution in [3.05, 3.63) is 23.8 Å². The summed E-state index contributed by atoms with van der Waals surface area (Å²) >= 11 is 0. The Kier molecular flexibility index (Phi) is 10.2. The molecular formula is C20H32O3. The molecule has 0 amide bonds. The molecule has 0 heterocycles. The van der Waals surface area contributed by atoms with E-state index in [0.717, 1.165) is 18.8 Å². The third-order valence-electron chi connectivity index (χ3n) is 4.06. The molecule has 0 atom stereocenters. The fraction of sp³-hybridized carbons (Fsp3) is 0.650. The summed E-state index contributed by atoms with van der Waals surface area (Å²) in [5.41, 5.74) is 0.634. The quantitative estimate of drug-likeness (QED) is 0.340. The second-order valence-corrected chi connectivity index (χ2v) is 5.96. The maximum atomic E-state index is 11.8. The standard InChI is InChI=1S/C20H32O3/c1-4-6-7-8-9-10-11-12-15-23-17-13-14-18(19(21)5-2)20(16-17)22-3/h13-14,16H,4-12,15H2,1-3H3. The number of hydrogen-bond acceptors (Lipinski definition) is 3. The van der Waals surface area contributed by atoms with Gasteiger partial charge in [0.2, 0.25) is 0 Å². The lowest BCUT2D eigenvalue weighted by atomic mass is 10.1. The second-order valence-electron chi connectivity index (χ2n) is 5.96. The number of methoxy groups -OCH3 is 1. The van der Waals surface area contributed by atoms with Crippen molar-refractivity contribution >= 4 is 5.78 Å². The molecule has 0 aliphatic heterocycles. The molecule has 1 aromatic carbocycles. The molecule has 1 rings (SSSR count). The second kappa shape index (κ2) is 12.0. The summed E-state index contributed by atoms with van der Waals surface area (Å²) in [6.45, 7) is 4.82. The Labute approximate surface area is 141 Å². The Morgan fingerprint density at radius 3 is 2.22 bits per heavy atom. The molecule has 3 nitrogen and oxygen atoms in total. The third-order valence-corrected chi connectivity index (χ3v) is 4.06. The summed E-state index contributed by atoms with van der Waals surface area (Å²) in [4.78, 5) is 11.8. The largest absolute Gasteiger partial charge is 0.496 e. The lowest BCUT2D eigenvalue weighted by Gasteiger charge is -2.11. The first kappa shape index (κ1) is 19.5. The smallest absolute Gasteiger partial charge is 0.166 e. The van der Waals surface area contributed by atoms with Gasteiger partial charge in [-0.15, -0.1) is 0 Å². The highest BCUT2D eigenvalue weighted by molar-refractivity contribution is 5.98. The number of ether oxygens (including phenoxy) is 2. The lowest BCUT2D eigenvalue weighted by molar-refractivity contribution is 0.0985. The van der Waals surface area contributed by atoms with Crippen molar-refractivity contribution in [1.82, 2.24) is 0 Å². The molecule has 3 heteroatoms. The number of carbonyl (C=O) groups is 1. The first-order valence-corrected chi connectivity index (χ1v) is 9.07. The van der Waals surface area contributed by atoms with Crippen LogP contribution in [0.3, 0.4) is 0 Å². The van der Waals surface area contributed by atoms with Gasteiger partial charge in [0.1, 0.15) is 11.5 Å². The Morgan fingerprint density at radius 2 is 1.61 bits per heavy atom. The van der Waals surface area contributed by atoms with Crippen LogP contribution in [0.15, 0.2) is 18.2 Å². The molecule has 0 radical (unpaired) electrons. The van der Waals surface area contributed by atoms with Gasteiger partial charge >= 0.3 is 0 Å². The van der Waals surface area contributed by atoms with Gasteiger partial charge in [-0.3, -0.25) is 4.79 Å². The fourth-order valence-corrected chi connectivity index (χ4v) is 2.61. The van der Waals surface area contributed by atoms with Crippen LogP contribution >= 0.6 is 0 Å². The van der Waals surface area contributed by atoms with Crippen LogP contribution in [-0.4, -0.2) is 19.5 Å². The average Bonchev–Trinajstić information content (AvgIpc) is 2.59.